The smallest absolute Gasteiger partial charge is 0.462 e. The van der Waals surface area contributed by atoms with Gasteiger partial charge in [-0.3, -0.25) is 37.3 Å². The van der Waals surface area contributed by atoms with Crippen LogP contribution in [-0.4, -0.2) is 96.7 Å². The van der Waals surface area contributed by atoms with Crippen LogP contribution in [0.2, 0.25) is 0 Å². The number of unbranched alkanes of at least 4 members (excludes halogenated alkanes) is 35. The molecule has 0 amide bonds. The zero-order valence-corrected chi connectivity index (χ0v) is 57.4. The van der Waals surface area contributed by atoms with E-state index in [2.05, 4.69) is 41.5 Å². The molecule has 0 saturated heterocycles. The van der Waals surface area contributed by atoms with Crippen LogP contribution in [0, 0.1) is 11.8 Å². The third-order valence-corrected chi connectivity index (χ3v) is 17.7. The largest absolute Gasteiger partial charge is 0.472 e. The van der Waals surface area contributed by atoms with Crippen molar-refractivity contribution in [3.63, 3.8) is 0 Å². The number of esters is 4. The summed E-state index contributed by atoms with van der Waals surface area (Å²) in [4.78, 5) is 72.3. The van der Waals surface area contributed by atoms with Crippen LogP contribution >= 0.6 is 15.6 Å². The Kier molecular flexibility index (Phi) is 58.0. The summed E-state index contributed by atoms with van der Waals surface area (Å²) < 4.78 is 68.1. The minimum absolute atomic E-state index is 0.103. The van der Waals surface area contributed by atoms with Gasteiger partial charge < -0.3 is 33.8 Å². The Labute approximate surface area is 524 Å². The van der Waals surface area contributed by atoms with Crippen LogP contribution in [-0.2, 0) is 65.4 Å². The van der Waals surface area contributed by atoms with E-state index in [0.717, 1.165) is 108 Å². The molecule has 17 nitrogen and oxygen atoms in total. The van der Waals surface area contributed by atoms with E-state index in [-0.39, 0.29) is 25.7 Å². The van der Waals surface area contributed by atoms with Crippen molar-refractivity contribution in [3.8, 4) is 0 Å². The average Bonchev–Trinajstić information content (AvgIpc) is 3.58. The van der Waals surface area contributed by atoms with E-state index in [9.17, 15) is 43.2 Å². The molecule has 3 N–H and O–H groups in total. The van der Waals surface area contributed by atoms with Gasteiger partial charge >= 0.3 is 39.5 Å². The summed E-state index contributed by atoms with van der Waals surface area (Å²) in [6, 6.07) is 0. The normalized spacial score (nSPS) is 14.5. The predicted molar refractivity (Wildman–Crippen MR) is 345 cm³/mol. The Bertz CT molecular complexity index is 1690. The molecule has 0 radical (unpaired) electrons. The van der Waals surface area contributed by atoms with E-state index in [1.165, 1.54) is 148 Å². The van der Waals surface area contributed by atoms with Crippen LogP contribution in [0.25, 0.3) is 0 Å². The number of aliphatic hydroxyl groups excluding tert-OH is 1. The fourth-order valence-corrected chi connectivity index (χ4v) is 11.6. The van der Waals surface area contributed by atoms with E-state index in [0.29, 0.717) is 25.7 Å². The summed E-state index contributed by atoms with van der Waals surface area (Å²) in [5.74, 6) is -0.647. The Hall–Kier alpha value is -1.94. The van der Waals surface area contributed by atoms with Crippen LogP contribution < -0.4 is 0 Å². The van der Waals surface area contributed by atoms with Crippen molar-refractivity contribution < 1.29 is 80.2 Å². The second kappa shape index (κ2) is 59.4. The van der Waals surface area contributed by atoms with E-state index in [1.807, 2.05) is 0 Å². The predicted octanol–water partition coefficient (Wildman–Crippen LogP) is 18.8. The lowest BCUT2D eigenvalue weighted by atomic mass is 10.00. The summed E-state index contributed by atoms with van der Waals surface area (Å²) in [5.41, 5.74) is 0. The van der Waals surface area contributed by atoms with Crippen molar-refractivity contribution in [2.75, 3.05) is 39.6 Å². The zero-order valence-electron chi connectivity index (χ0n) is 55.6. The molecule has 0 spiro atoms. The average molecular weight is 1270 g/mol. The number of hydrogen-bond donors (Lipinski definition) is 3. The maximum atomic E-state index is 13.0. The summed E-state index contributed by atoms with van der Waals surface area (Å²) >= 11 is 0. The van der Waals surface area contributed by atoms with Crippen molar-refractivity contribution in [2.45, 2.75) is 355 Å². The fourth-order valence-electron chi connectivity index (χ4n) is 10.0. The first-order valence-electron chi connectivity index (χ1n) is 35.0. The number of carbonyl (C=O) groups excluding carboxylic acids is 4. The Morgan fingerprint density at radius 2 is 0.593 bits per heavy atom. The van der Waals surface area contributed by atoms with Gasteiger partial charge in [-0.1, -0.05) is 286 Å². The SMILES string of the molecule is CCCCCCCCCCCCCCCCC(=O)OC[C@H](COP(=O)(O)OC[C@@H](O)COP(=O)(O)OC[C@@H](COC(=O)CCCCCCCCCC)OC(=O)CCCCCCCCC(C)CC)OC(=O)CCCCCCCCCCCCCC(C)C. The number of carbonyl (C=O) groups is 4. The number of hydrogen-bond acceptors (Lipinski definition) is 15. The summed E-state index contributed by atoms with van der Waals surface area (Å²) in [6.07, 6.45) is 43.1. The first kappa shape index (κ1) is 84.1. The number of ether oxygens (including phenoxy) is 4. The monoisotopic (exact) mass is 1270 g/mol. The molecule has 0 bridgehead atoms. The molecule has 0 aliphatic rings. The third-order valence-electron chi connectivity index (χ3n) is 15.8. The molecule has 3 unspecified atom stereocenters. The second-order valence-corrected chi connectivity index (χ2v) is 27.8. The van der Waals surface area contributed by atoms with Gasteiger partial charge in [-0.25, -0.2) is 9.13 Å². The van der Waals surface area contributed by atoms with Gasteiger partial charge in [-0.2, -0.15) is 0 Å². The number of rotatable bonds is 66. The van der Waals surface area contributed by atoms with E-state index in [4.69, 9.17) is 37.0 Å². The lowest BCUT2D eigenvalue weighted by Gasteiger charge is -2.21. The third kappa shape index (κ3) is 59.7. The van der Waals surface area contributed by atoms with E-state index in [1.54, 1.807) is 0 Å². The molecular weight excluding hydrogens is 1140 g/mol. The lowest BCUT2D eigenvalue weighted by Crippen LogP contribution is -2.30. The minimum Gasteiger partial charge on any atom is -0.462 e. The van der Waals surface area contributed by atoms with Crippen LogP contribution in [0.3, 0.4) is 0 Å². The Morgan fingerprint density at radius 1 is 0.337 bits per heavy atom. The molecule has 19 heteroatoms. The van der Waals surface area contributed by atoms with Gasteiger partial charge in [0.05, 0.1) is 26.4 Å². The standard InChI is InChI=1S/C67H130O17P2/c1-7-10-12-14-16-18-19-20-21-24-27-31-38-44-50-65(70)78-55-62(83-66(71)51-45-39-32-28-25-22-23-26-29-35-41-47-59(4)5)57-81-85(73,74)79-53-61(68)54-80-86(75,76)82-58-63(56-77-64(69)49-43-37-30-17-15-13-11-8-2)84-67(72)52-46-40-34-33-36-42-48-60(6)9-3/h59-63,68H,7-58H2,1-6H3,(H,73,74)(H,75,76)/t60?,61-,62-,63-/m1/s1. The van der Waals surface area contributed by atoms with Crippen LogP contribution in [0.1, 0.15) is 337 Å². The number of aliphatic hydroxyl groups is 1. The van der Waals surface area contributed by atoms with Crippen LogP contribution in [0.5, 0.6) is 0 Å². The first-order valence-corrected chi connectivity index (χ1v) is 38.0. The molecule has 86 heavy (non-hydrogen) atoms. The van der Waals surface area contributed by atoms with E-state index >= 15 is 0 Å². The molecule has 0 aromatic rings. The molecule has 0 heterocycles. The first-order chi connectivity index (χ1) is 41.4. The molecule has 0 aliphatic carbocycles. The van der Waals surface area contributed by atoms with Crippen LogP contribution in [0.15, 0.2) is 0 Å². The highest BCUT2D eigenvalue weighted by atomic mass is 31.2. The summed E-state index contributed by atoms with van der Waals surface area (Å²) in [6.45, 7) is 9.45. The molecule has 510 valence electrons. The Balaban J connectivity index is 5.23. The van der Waals surface area contributed by atoms with Gasteiger partial charge in [-0.05, 0) is 37.5 Å². The lowest BCUT2D eigenvalue weighted by molar-refractivity contribution is -0.161. The Morgan fingerprint density at radius 3 is 0.884 bits per heavy atom. The van der Waals surface area contributed by atoms with Crippen molar-refractivity contribution in [1.82, 2.24) is 0 Å². The van der Waals surface area contributed by atoms with Gasteiger partial charge in [0.15, 0.2) is 12.2 Å². The molecule has 0 saturated carbocycles. The van der Waals surface area contributed by atoms with Crippen molar-refractivity contribution in [3.05, 3.63) is 0 Å². The quantitative estimate of drug-likeness (QED) is 0.0222. The topological polar surface area (TPSA) is 237 Å². The van der Waals surface area contributed by atoms with Crippen molar-refractivity contribution in [1.29, 1.82) is 0 Å². The van der Waals surface area contributed by atoms with Gasteiger partial charge in [0.2, 0.25) is 0 Å². The molecule has 0 rings (SSSR count). The van der Waals surface area contributed by atoms with Gasteiger partial charge in [0.1, 0.15) is 19.3 Å². The second-order valence-electron chi connectivity index (χ2n) is 24.9. The fraction of sp³-hybridized carbons (Fsp3) is 0.940. The zero-order chi connectivity index (χ0) is 63.6. The highest BCUT2D eigenvalue weighted by molar-refractivity contribution is 7.47. The summed E-state index contributed by atoms with van der Waals surface area (Å²) in [5, 5.41) is 10.6. The highest BCUT2D eigenvalue weighted by Gasteiger charge is 2.30. The molecule has 0 aromatic carbocycles. The maximum absolute atomic E-state index is 13.0. The van der Waals surface area contributed by atoms with E-state index < -0.39 is 97.5 Å². The maximum Gasteiger partial charge on any atom is 0.472 e. The number of phosphoric ester groups is 2. The van der Waals surface area contributed by atoms with Crippen molar-refractivity contribution in [2.24, 2.45) is 11.8 Å². The molecule has 6 atom stereocenters. The highest BCUT2D eigenvalue weighted by Crippen LogP contribution is 2.45. The minimum atomic E-state index is -4.95. The van der Waals surface area contributed by atoms with Crippen molar-refractivity contribution >= 4 is 39.5 Å². The number of phosphoric acid groups is 2. The summed E-state index contributed by atoms with van der Waals surface area (Å²) in [7, 11) is -9.89. The molecule has 0 aromatic heterocycles. The molecule has 0 fully saturated rings. The van der Waals surface area contributed by atoms with Gasteiger partial charge in [-0.15, -0.1) is 0 Å². The van der Waals surface area contributed by atoms with Gasteiger partial charge in [0.25, 0.3) is 0 Å². The van der Waals surface area contributed by atoms with Gasteiger partial charge in [0, 0.05) is 25.7 Å². The molecule has 0 aliphatic heterocycles. The van der Waals surface area contributed by atoms with Crippen LogP contribution in [0.4, 0.5) is 0 Å². The molecular formula is C67H130O17P2.